The molecule has 228 valence electrons. The number of anilines is 3. The number of primary amides is 1. The van der Waals surface area contributed by atoms with Crippen molar-refractivity contribution in [3.05, 3.63) is 84.4 Å². The number of nitrogens with zero attached hydrogens (tertiary/aromatic N) is 4. The van der Waals surface area contributed by atoms with Crippen LogP contribution >= 0.6 is 0 Å². The first-order valence-corrected chi connectivity index (χ1v) is 14.4. The van der Waals surface area contributed by atoms with Crippen LogP contribution in [-0.2, 0) is 14.4 Å². The molecular formula is C33H41N5O5. The van der Waals surface area contributed by atoms with Crippen molar-refractivity contribution in [2.75, 3.05) is 54.5 Å². The Morgan fingerprint density at radius 2 is 1.47 bits per heavy atom. The van der Waals surface area contributed by atoms with E-state index in [9.17, 15) is 19.2 Å². The highest BCUT2D eigenvalue weighted by atomic mass is 16.5. The molecule has 0 saturated heterocycles. The molecule has 0 heterocycles. The number of ether oxygens (including phenoxy) is 1. The quantitative estimate of drug-likeness (QED) is 0.296. The minimum Gasteiger partial charge on any atom is -0.482 e. The maximum Gasteiger partial charge on any atom is 0.324 e. The average Bonchev–Trinajstić information content (AvgIpc) is 3.01. The topological polar surface area (TPSA) is 116 Å². The lowest BCUT2D eigenvalue weighted by Gasteiger charge is -2.32. The molecule has 0 aliphatic rings. The molecule has 0 saturated carbocycles. The van der Waals surface area contributed by atoms with Gasteiger partial charge in [0.1, 0.15) is 18.8 Å². The zero-order valence-electron chi connectivity index (χ0n) is 25.4. The highest BCUT2D eigenvalue weighted by Gasteiger charge is 2.29. The Labute approximate surface area is 253 Å². The van der Waals surface area contributed by atoms with Crippen LogP contribution in [0.4, 0.5) is 21.9 Å². The van der Waals surface area contributed by atoms with E-state index >= 15 is 0 Å². The van der Waals surface area contributed by atoms with Gasteiger partial charge in [0.05, 0.1) is 5.69 Å². The van der Waals surface area contributed by atoms with Gasteiger partial charge in [-0.15, -0.1) is 0 Å². The monoisotopic (exact) mass is 587 g/mol. The summed E-state index contributed by atoms with van der Waals surface area (Å²) in [7, 11) is 1.63. The number of hydrogen-bond acceptors (Lipinski definition) is 5. The van der Waals surface area contributed by atoms with Crippen LogP contribution in [0.2, 0.25) is 0 Å². The smallest absolute Gasteiger partial charge is 0.324 e. The fourth-order valence-electron chi connectivity index (χ4n) is 4.48. The SMILES string of the molecule is CCCCN(C(=O)N(CC)CC(=O)N(CC(=O)N(C)c1ccccc1)c1ccccc1OCC(N)=O)c1cccc(C)c1. The Morgan fingerprint density at radius 1 is 0.791 bits per heavy atom. The van der Waals surface area contributed by atoms with Gasteiger partial charge in [0.25, 0.3) is 5.91 Å². The van der Waals surface area contributed by atoms with Gasteiger partial charge < -0.3 is 20.3 Å². The number of hydrogen-bond donors (Lipinski definition) is 1. The van der Waals surface area contributed by atoms with Crippen molar-refractivity contribution in [3.63, 3.8) is 0 Å². The van der Waals surface area contributed by atoms with Gasteiger partial charge in [0, 0.05) is 31.5 Å². The predicted octanol–water partition coefficient (Wildman–Crippen LogP) is 4.60. The van der Waals surface area contributed by atoms with Crippen LogP contribution < -0.4 is 25.2 Å². The second-order valence-electron chi connectivity index (χ2n) is 10.1. The van der Waals surface area contributed by atoms with E-state index in [0.29, 0.717) is 12.2 Å². The highest BCUT2D eigenvalue weighted by Crippen LogP contribution is 2.29. The maximum absolute atomic E-state index is 14.0. The first-order chi connectivity index (χ1) is 20.7. The number of likely N-dealkylation sites (N-methyl/N-ethyl adjacent to an activating group) is 2. The molecule has 0 aliphatic heterocycles. The van der Waals surface area contributed by atoms with Crippen LogP contribution in [0.25, 0.3) is 0 Å². The van der Waals surface area contributed by atoms with E-state index in [0.717, 1.165) is 24.1 Å². The summed E-state index contributed by atoms with van der Waals surface area (Å²) in [5, 5.41) is 0. The van der Waals surface area contributed by atoms with Crippen molar-refractivity contribution in [3.8, 4) is 5.75 Å². The van der Waals surface area contributed by atoms with Crippen molar-refractivity contribution in [1.82, 2.24) is 4.90 Å². The third-order valence-electron chi connectivity index (χ3n) is 6.90. The first kappa shape index (κ1) is 32.7. The van der Waals surface area contributed by atoms with Crippen molar-refractivity contribution in [1.29, 1.82) is 0 Å². The molecule has 10 heteroatoms. The van der Waals surface area contributed by atoms with E-state index in [2.05, 4.69) is 6.92 Å². The first-order valence-electron chi connectivity index (χ1n) is 14.4. The number of urea groups is 1. The Kier molecular flexibility index (Phi) is 12.1. The van der Waals surface area contributed by atoms with Crippen LogP contribution in [0, 0.1) is 6.92 Å². The highest BCUT2D eigenvalue weighted by molar-refractivity contribution is 6.06. The molecule has 5 amide bonds. The lowest BCUT2D eigenvalue weighted by Crippen LogP contribution is -2.50. The van der Waals surface area contributed by atoms with E-state index < -0.39 is 18.4 Å². The van der Waals surface area contributed by atoms with Crippen molar-refractivity contribution in [2.24, 2.45) is 5.73 Å². The summed E-state index contributed by atoms with van der Waals surface area (Å²) in [5.41, 5.74) is 8.02. The third-order valence-corrected chi connectivity index (χ3v) is 6.90. The maximum atomic E-state index is 14.0. The molecular weight excluding hydrogens is 546 g/mol. The van der Waals surface area contributed by atoms with Crippen LogP contribution in [0.15, 0.2) is 78.9 Å². The van der Waals surface area contributed by atoms with Crippen LogP contribution in [0.3, 0.4) is 0 Å². The molecule has 0 radical (unpaired) electrons. The molecule has 0 bridgehead atoms. The summed E-state index contributed by atoms with van der Waals surface area (Å²) < 4.78 is 5.60. The normalized spacial score (nSPS) is 10.5. The summed E-state index contributed by atoms with van der Waals surface area (Å²) >= 11 is 0. The van der Waals surface area contributed by atoms with Gasteiger partial charge in [0.2, 0.25) is 11.8 Å². The molecule has 3 rings (SSSR count). The summed E-state index contributed by atoms with van der Waals surface area (Å²) in [4.78, 5) is 58.7. The summed E-state index contributed by atoms with van der Waals surface area (Å²) in [6.07, 6.45) is 1.69. The van der Waals surface area contributed by atoms with Crippen LogP contribution in [0.5, 0.6) is 5.75 Å². The summed E-state index contributed by atoms with van der Waals surface area (Å²) in [6.45, 7) is 5.58. The summed E-state index contributed by atoms with van der Waals surface area (Å²) in [5.74, 6) is -1.31. The number of aryl methyl sites for hydroxylation is 1. The summed E-state index contributed by atoms with van der Waals surface area (Å²) in [6, 6.07) is 23.1. The predicted molar refractivity (Wildman–Crippen MR) is 169 cm³/mol. The largest absolute Gasteiger partial charge is 0.482 e. The molecule has 3 aromatic rings. The molecule has 0 spiro atoms. The van der Waals surface area contributed by atoms with Gasteiger partial charge in [-0.2, -0.15) is 0 Å². The molecule has 43 heavy (non-hydrogen) atoms. The number of carbonyl (C=O) groups is 4. The standard InChI is InChI=1S/C33H41N5O5/c1-5-7-20-37(27-17-13-14-25(3)21-27)33(42)36(6-2)22-32(41)38(23-31(40)35(4)26-15-9-8-10-16-26)28-18-11-12-19-29(28)43-24-30(34)39/h8-19,21H,5-7,20,22-24H2,1-4H3,(H2,34,39). The Hall–Kier alpha value is -4.86. The fraction of sp³-hybridized carbons (Fsp3) is 0.333. The molecule has 0 aromatic heterocycles. The zero-order chi connectivity index (χ0) is 31.4. The number of para-hydroxylation sites is 3. The molecule has 0 fully saturated rings. The van der Waals surface area contributed by atoms with Gasteiger partial charge in [0.15, 0.2) is 6.61 Å². The second kappa shape index (κ2) is 16.0. The minimum absolute atomic E-state index is 0.212. The Morgan fingerprint density at radius 3 is 2.12 bits per heavy atom. The molecule has 0 aliphatic carbocycles. The molecule has 3 aromatic carbocycles. The van der Waals surface area contributed by atoms with Crippen LogP contribution in [-0.4, -0.2) is 68.5 Å². The van der Waals surface area contributed by atoms with E-state index in [-0.39, 0.29) is 43.0 Å². The van der Waals surface area contributed by atoms with Gasteiger partial charge in [-0.25, -0.2) is 4.79 Å². The molecule has 10 nitrogen and oxygen atoms in total. The van der Waals surface area contributed by atoms with Gasteiger partial charge in [-0.3, -0.25) is 24.2 Å². The number of rotatable bonds is 14. The lowest BCUT2D eigenvalue weighted by molar-refractivity contribution is -0.122. The minimum atomic E-state index is -0.682. The average molecular weight is 588 g/mol. The van der Waals surface area contributed by atoms with E-state index in [1.165, 1.54) is 14.7 Å². The Bertz CT molecular complexity index is 1400. The number of unbranched alkanes of at least 4 members (excludes halogenated alkanes) is 1. The second-order valence-corrected chi connectivity index (χ2v) is 10.1. The van der Waals surface area contributed by atoms with Gasteiger partial charge >= 0.3 is 6.03 Å². The number of nitrogens with two attached hydrogens (primary N) is 1. The molecule has 0 unspecified atom stereocenters. The molecule has 0 atom stereocenters. The third kappa shape index (κ3) is 9.06. The number of carbonyl (C=O) groups excluding carboxylic acids is 4. The van der Waals surface area contributed by atoms with E-state index in [1.54, 1.807) is 48.3 Å². The molecule has 2 N–H and O–H groups in total. The van der Waals surface area contributed by atoms with Crippen molar-refractivity contribution in [2.45, 2.75) is 33.6 Å². The number of amides is 5. The van der Waals surface area contributed by atoms with E-state index in [1.807, 2.05) is 56.3 Å². The lowest BCUT2D eigenvalue weighted by atomic mass is 10.2. The van der Waals surface area contributed by atoms with E-state index in [4.69, 9.17) is 10.5 Å². The zero-order valence-corrected chi connectivity index (χ0v) is 25.4. The number of benzene rings is 3. The van der Waals surface area contributed by atoms with Gasteiger partial charge in [-0.1, -0.05) is 55.8 Å². The van der Waals surface area contributed by atoms with Crippen molar-refractivity contribution >= 4 is 40.8 Å². The van der Waals surface area contributed by atoms with Crippen LogP contribution in [0.1, 0.15) is 32.3 Å². The Balaban J connectivity index is 1.94. The fourth-order valence-corrected chi connectivity index (χ4v) is 4.48. The van der Waals surface area contributed by atoms with Gasteiger partial charge in [-0.05, 0) is 62.2 Å². The van der Waals surface area contributed by atoms with Crippen molar-refractivity contribution < 1.29 is 23.9 Å².